The van der Waals surface area contributed by atoms with Crippen molar-refractivity contribution < 1.29 is 28.5 Å². The summed E-state index contributed by atoms with van der Waals surface area (Å²) in [7, 11) is 0. The molecule has 1 atom stereocenters. The summed E-state index contributed by atoms with van der Waals surface area (Å²) < 4.78 is 25.5. The Labute approximate surface area is 291 Å². The van der Waals surface area contributed by atoms with Gasteiger partial charge in [-0.3, -0.25) is 9.36 Å². The van der Waals surface area contributed by atoms with E-state index in [4.69, 9.17) is 23.9 Å². The first kappa shape index (κ1) is 33.6. The number of rotatable bonds is 11. The number of nitrogens with zero attached hydrogens (tertiary/aromatic N) is 2. The van der Waals surface area contributed by atoms with Gasteiger partial charge in [-0.2, -0.15) is 0 Å². The van der Waals surface area contributed by atoms with Crippen LogP contribution in [0.2, 0.25) is 0 Å². The number of benzene rings is 3. The van der Waals surface area contributed by atoms with E-state index in [-0.39, 0.29) is 31.0 Å². The molecule has 0 saturated carbocycles. The maximum absolute atomic E-state index is 14.3. The van der Waals surface area contributed by atoms with E-state index in [0.717, 1.165) is 13.6 Å². The largest absolute Gasteiger partial charge is 0.494 e. The number of thiazole rings is 1. The molecule has 3 aromatic carbocycles. The smallest absolute Gasteiger partial charge is 0.344 e. The number of ether oxygens (including phenoxy) is 4. The maximum atomic E-state index is 14.3. The summed E-state index contributed by atoms with van der Waals surface area (Å²) in [4.78, 5) is 45.4. The minimum Gasteiger partial charge on any atom is -0.494 e. The molecule has 0 fully saturated rings. The number of esters is 2. The quantitative estimate of drug-likeness (QED) is 0.143. The van der Waals surface area contributed by atoms with Crippen LogP contribution in [0.5, 0.6) is 11.5 Å². The average molecular weight is 817 g/mol. The van der Waals surface area contributed by atoms with Crippen LogP contribution in [0.25, 0.3) is 11.8 Å². The lowest BCUT2D eigenvalue weighted by Gasteiger charge is -2.26. The normalized spacial score (nSPS) is 14.4. The van der Waals surface area contributed by atoms with Crippen molar-refractivity contribution in [3.8, 4) is 11.5 Å². The average Bonchev–Trinajstić information content (AvgIpc) is 3.35. The molecule has 4 aromatic rings. The molecular formula is C34H30BrIN2O7S. The van der Waals surface area contributed by atoms with Crippen molar-refractivity contribution in [1.29, 1.82) is 0 Å². The first-order chi connectivity index (χ1) is 22.2. The van der Waals surface area contributed by atoms with Gasteiger partial charge in [0.1, 0.15) is 11.5 Å². The van der Waals surface area contributed by atoms with E-state index in [1.165, 1.54) is 15.9 Å². The van der Waals surface area contributed by atoms with Gasteiger partial charge in [0.25, 0.3) is 5.56 Å². The second-order valence-corrected chi connectivity index (χ2v) is 12.9. The maximum Gasteiger partial charge on any atom is 0.344 e. The summed E-state index contributed by atoms with van der Waals surface area (Å²) in [5, 5.41) is 0. The third-order valence-electron chi connectivity index (χ3n) is 6.84. The van der Waals surface area contributed by atoms with Gasteiger partial charge in [0.2, 0.25) is 0 Å². The SMILES string of the molecule is CCOC(=O)COc1c(I)cc(Br)cc1/C=c1\sc2n(c1=O)[C@H](c1ccc(OCC)cc1)C(C(=O)OCC)=C(c1ccccc1)N=2. The van der Waals surface area contributed by atoms with Crippen LogP contribution in [0, 0.1) is 3.57 Å². The van der Waals surface area contributed by atoms with Crippen molar-refractivity contribution in [3.05, 3.63) is 117 Å². The van der Waals surface area contributed by atoms with E-state index in [2.05, 4.69) is 38.5 Å². The fraction of sp³-hybridized carbons (Fsp3) is 0.235. The van der Waals surface area contributed by atoms with Crippen molar-refractivity contribution in [2.45, 2.75) is 26.8 Å². The summed E-state index contributed by atoms with van der Waals surface area (Å²) in [6.07, 6.45) is 1.71. The van der Waals surface area contributed by atoms with Crippen molar-refractivity contribution >= 4 is 73.6 Å². The van der Waals surface area contributed by atoms with Gasteiger partial charge in [-0.25, -0.2) is 14.6 Å². The predicted octanol–water partition coefficient (Wildman–Crippen LogP) is 5.64. The van der Waals surface area contributed by atoms with E-state index < -0.39 is 18.0 Å². The monoisotopic (exact) mass is 816 g/mol. The van der Waals surface area contributed by atoms with Crippen molar-refractivity contribution in [3.63, 3.8) is 0 Å². The van der Waals surface area contributed by atoms with Gasteiger partial charge in [0.05, 0.1) is 45.2 Å². The molecule has 0 N–H and O–H groups in total. The van der Waals surface area contributed by atoms with Gasteiger partial charge >= 0.3 is 11.9 Å². The molecule has 0 spiro atoms. The van der Waals surface area contributed by atoms with Crippen LogP contribution in [-0.4, -0.2) is 42.9 Å². The molecule has 0 radical (unpaired) electrons. The Morgan fingerprint density at radius 1 is 0.978 bits per heavy atom. The van der Waals surface area contributed by atoms with Gasteiger partial charge in [-0.1, -0.05) is 69.7 Å². The minimum absolute atomic E-state index is 0.154. The molecule has 0 saturated heterocycles. The second kappa shape index (κ2) is 15.2. The summed E-state index contributed by atoms with van der Waals surface area (Å²) in [5.41, 5.74) is 2.34. The standard InChI is InChI=1S/C34H30BrIN2O7S/c1-4-42-24-14-12-21(13-15-24)30-28(33(41)44-6-3)29(20-10-8-7-9-11-20)37-34-38(30)32(40)26(46-34)17-22-16-23(35)18-25(36)31(22)45-19-27(39)43-5-2/h7-18,30H,4-6,19H2,1-3H3/b26-17-/t30-/m1/s1. The van der Waals surface area contributed by atoms with Crippen molar-refractivity contribution in [2.75, 3.05) is 26.4 Å². The van der Waals surface area contributed by atoms with E-state index in [9.17, 15) is 14.4 Å². The van der Waals surface area contributed by atoms with Crippen LogP contribution in [0.15, 0.2) is 86.6 Å². The Bertz CT molecular complexity index is 1970. The number of hydrogen-bond acceptors (Lipinski definition) is 9. The number of halogens is 2. The first-order valence-corrected chi connectivity index (χ1v) is 17.2. The highest BCUT2D eigenvalue weighted by Crippen LogP contribution is 2.36. The van der Waals surface area contributed by atoms with E-state index in [0.29, 0.717) is 44.3 Å². The highest BCUT2D eigenvalue weighted by molar-refractivity contribution is 14.1. The molecule has 9 nitrogen and oxygen atoms in total. The molecule has 46 heavy (non-hydrogen) atoms. The minimum atomic E-state index is -0.828. The number of carbonyl (C=O) groups excluding carboxylic acids is 2. The first-order valence-electron chi connectivity index (χ1n) is 14.5. The van der Waals surface area contributed by atoms with Crippen LogP contribution in [0.3, 0.4) is 0 Å². The van der Waals surface area contributed by atoms with Gasteiger partial charge in [0, 0.05) is 15.6 Å². The molecule has 5 rings (SSSR count). The Morgan fingerprint density at radius 2 is 1.70 bits per heavy atom. The third kappa shape index (κ3) is 7.29. The zero-order valence-corrected chi connectivity index (χ0v) is 29.8. The molecule has 0 aliphatic carbocycles. The molecule has 2 heterocycles. The Hall–Kier alpha value is -3.75. The van der Waals surface area contributed by atoms with Crippen LogP contribution in [0.4, 0.5) is 0 Å². The lowest BCUT2D eigenvalue weighted by atomic mass is 9.93. The van der Waals surface area contributed by atoms with Crippen molar-refractivity contribution in [1.82, 2.24) is 4.57 Å². The van der Waals surface area contributed by atoms with Gasteiger partial charge < -0.3 is 18.9 Å². The second-order valence-electron chi connectivity index (χ2n) is 9.83. The fourth-order valence-electron chi connectivity index (χ4n) is 4.98. The molecule has 1 aliphatic heterocycles. The van der Waals surface area contributed by atoms with E-state index in [1.807, 2.05) is 73.7 Å². The molecule has 238 valence electrons. The molecule has 12 heteroatoms. The lowest BCUT2D eigenvalue weighted by Crippen LogP contribution is -2.40. The summed E-state index contributed by atoms with van der Waals surface area (Å²) in [5.74, 6) is 0.0439. The third-order valence-corrected chi connectivity index (χ3v) is 9.09. The number of carbonyl (C=O) groups is 2. The number of aromatic nitrogens is 1. The van der Waals surface area contributed by atoms with E-state index in [1.54, 1.807) is 19.9 Å². The van der Waals surface area contributed by atoms with Crippen LogP contribution >= 0.6 is 49.9 Å². The summed E-state index contributed by atoms with van der Waals surface area (Å²) in [6, 6.07) is 19.5. The predicted molar refractivity (Wildman–Crippen MR) is 188 cm³/mol. The van der Waals surface area contributed by atoms with Crippen LogP contribution in [-0.2, 0) is 19.1 Å². The highest BCUT2D eigenvalue weighted by Gasteiger charge is 2.35. The topological polar surface area (TPSA) is 105 Å². The molecule has 0 amide bonds. The molecule has 1 aliphatic rings. The highest BCUT2D eigenvalue weighted by atomic mass is 127. The van der Waals surface area contributed by atoms with Gasteiger partial charge in [-0.15, -0.1) is 0 Å². The zero-order chi connectivity index (χ0) is 32.8. The van der Waals surface area contributed by atoms with Gasteiger partial charge in [0.15, 0.2) is 11.4 Å². The molecule has 0 unspecified atom stereocenters. The number of hydrogen-bond donors (Lipinski definition) is 0. The molecule has 0 bridgehead atoms. The Kier molecular flexibility index (Phi) is 11.1. The van der Waals surface area contributed by atoms with Crippen LogP contribution < -0.4 is 24.4 Å². The lowest BCUT2D eigenvalue weighted by molar-refractivity contribution is -0.145. The molecule has 1 aromatic heterocycles. The fourth-order valence-corrected chi connectivity index (χ4v) is 7.68. The van der Waals surface area contributed by atoms with Crippen LogP contribution in [0.1, 0.15) is 43.5 Å². The number of fused-ring (bicyclic) bond motifs is 1. The Morgan fingerprint density at radius 3 is 2.37 bits per heavy atom. The van der Waals surface area contributed by atoms with Gasteiger partial charge in [-0.05, 0) is 79.3 Å². The Balaban J connectivity index is 1.75. The summed E-state index contributed by atoms with van der Waals surface area (Å²) >= 11 is 6.85. The molecular weight excluding hydrogens is 787 g/mol. The van der Waals surface area contributed by atoms with Crippen molar-refractivity contribution in [2.24, 2.45) is 4.99 Å². The van der Waals surface area contributed by atoms with E-state index >= 15 is 0 Å². The summed E-state index contributed by atoms with van der Waals surface area (Å²) in [6.45, 7) is 5.98. The zero-order valence-electron chi connectivity index (χ0n) is 25.3.